The minimum Gasteiger partial charge on any atom is -0.385 e. The van der Waals surface area contributed by atoms with Gasteiger partial charge in [0.05, 0.1) is 0 Å². The van der Waals surface area contributed by atoms with Gasteiger partial charge in [0.2, 0.25) is 0 Å². The van der Waals surface area contributed by atoms with Gasteiger partial charge in [-0.15, -0.1) is 5.54 Å². The van der Waals surface area contributed by atoms with Gasteiger partial charge >= 0.3 is 0 Å². The molecule has 0 unspecified atom stereocenters. The monoisotopic (exact) mass is 238 g/mol. The van der Waals surface area contributed by atoms with Crippen molar-refractivity contribution in [2.24, 2.45) is 0 Å². The van der Waals surface area contributed by atoms with Crippen LogP contribution in [0.25, 0.3) is 0 Å². The fourth-order valence-corrected chi connectivity index (χ4v) is 1.72. The number of methoxy groups -OCH3 is 1. The first-order chi connectivity index (χ1) is 7.31. The smallest absolute Gasteiger partial charge is 0.138 e. The molecule has 0 spiro atoms. The molecule has 0 N–H and O–H groups in total. The molecule has 2 heteroatoms. The lowest BCUT2D eigenvalue weighted by Gasteiger charge is -2.31. The van der Waals surface area contributed by atoms with E-state index in [1.54, 1.807) is 7.11 Å². The summed E-state index contributed by atoms with van der Waals surface area (Å²) in [5.41, 5.74) is 3.46. The van der Waals surface area contributed by atoms with Gasteiger partial charge in [0.1, 0.15) is 8.07 Å². The van der Waals surface area contributed by atoms with Crippen molar-refractivity contribution in [2.45, 2.75) is 51.7 Å². The van der Waals surface area contributed by atoms with E-state index in [-0.39, 0.29) is 0 Å². The number of hydrogen-bond donors (Lipinski definition) is 0. The highest BCUT2D eigenvalue weighted by Crippen LogP contribution is 2.34. The van der Waals surface area contributed by atoms with Gasteiger partial charge in [-0.25, -0.2) is 0 Å². The fourth-order valence-electron chi connectivity index (χ4n) is 0.897. The first kappa shape index (κ1) is 15.5. The molecule has 16 heavy (non-hydrogen) atoms. The third kappa shape index (κ3) is 6.15. The van der Waals surface area contributed by atoms with E-state index in [0.717, 1.165) is 19.4 Å². The highest BCUT2D eigenvalue weighted by Gasteiger charge is 2.33. The van der Waals surface area contributed by atoms with E-state index in [2.05, 4.69) is 51.4 Å². The molecule has 0 saturated heterocycles. The van der Waals surface area contributed by atoms with E-state index in [0.29, 0.717) is 5.04 Å². The predicted octanol–water partition coefficient (Wildman–Crippen LogP) is 4.02. The molecule has 0 aliphatic rings. The Kier molecular flexibility index (Phi) is 6.70. The average molecular weight is 238 g/mol. The quantitative estimate of drug-likeness (QED) is 0.408. The standard InChI is InChI=1S/C14H26OSi/c1-14(2,3)16(5,6)13-11-9-7-8-10-12-15-4/h7,9H,8,10,12H2,1-6H3/b9-7-. The Bertz CT molecular complexity index is 273. The Morgan fingerprint density at radius 1 is 1.25 bits per heavy atom. The molecule has 0 radical (unpaired) electrons. The summed E-state index contributed by atoms with van der Waals surface area (Å²) in [7, 11) is 0.320. The molecule has 0 bridgehead atoms. The van der Waals surface area contributed by atoms with Gasteiger partial charge in [-0.05, 0) is 24.0 Å². The van der Waals surface area contributed by atoms with Gasteiger partial charge in [-0.2, -0.15) is 0 Å². The molecule has 0 aromatic carbocycles. The summed E-state index contributed by atoms with van der Waals surface area (Å²) in [6.45, 7) is 12.4. The third-order valence-electron chi connectivity index (χ3n) is 3.18. The molecule has 0 atom stereocenters. The van der Waals surface area contributed by atoms with E-state index in [1.165, 1.54) is 0 Å². The lowest BCUT2D eigenvalue weighted by atomic mass is 10.2. The summed E-state index contributed by atoms with van der Waals surface area (Å²) in [5.74, 6) is 3.20. The van der Waals surface area contributed by atoms with Crippen LogP contribution in [0.15, 0.2) is 12.2 Å². The predicted molar refractivity (Wildman–Crippen MR) is 75.2 cm³/mol. The largest absolute Gasteiger partial charge is 0.385 e. The van der Waals surface area contributed by atoms with E-state index in [1.807, 2.05) is 6.08 Å². The van der Waals surface area contributed by atoms with E-state index >= 15 is 0 Å². The van der Waals surface area contributed by atoms with Crippen molar-refractivity contribution in [1.29, 1.82) is 0 Å². The summed E-state index contributed by atoms with van der Waals surface area (Å²) in [4.78, 5) is 0. The van der Waals surface area contributed by atoms with Crippen LogP contribution in [0.1, 0.15) is 33.6 Å². The molecule has 0 amide bonds. The first-order valence-electron chi connectivity index (χ1n) is 5.98. The lowest BCUT2D eigenvalue weighted by Crippen LogP contribution is -2.35. The van der Waals surface area contributed by atoms with Crippen molar-refractivity contribution in [3.05, 3.63) is 12.2 Å². The second-order valence-corrected chi connectivity index (χ2v) is 10.7. The molecule has 1 nitrogen and oxygen atoms in total. The molecule has 0 aromatic rings. The van der Waals surface area contributed by atoms with Gasteiger partial charge in [-0.1, -0.05) is 45.9 Å². The highest BCUT2D eigenvalue weighted by molar-refractivity contribution is 6.87. The van der Waals surface area contributed by atoms with Gasteiger partial charge in [0, 0.05) is 13.7 Å². The van der Waals surface area contributed by atoms with Gasteiger partial charge in [0.25, 0.3) is 0 Å². The number of hydrogen-bond acceptors (Lipinski definition) is 1. The van der Waals surface area contributed by atoms with Gasteiger partial charge in [0.15, 0.2) is 0 Å². The number of allylic oxidation sites excluding steroid dienone is 2. The van der Waals surface area contributed by atoms with Crippen molar-refractivity contribution in [2.75, 3.05) is 13.7 Å². The van der Waals surface area contributed by atoms with Crippen LogP contribution < -0.4 is 0 Å². The zero-order valence-corrected chi connectivity index (χ0v) is 12.7. The van der Waals surface area contributed by atoms with Crippen molar-refractivity contribution in [3.8, 4) is 11.5 Å². The maximum Gasteiger partial charge on any atom is 0.138 e. The molecule has 0 aliphatic heterocycles. The molecule has 92 valence electrons. The van der Waals surface area contributed by atoms with E-state index in [4.69, 9.17) is 4.74 Å². The Morgan fingerprint density at radius 3 is 2.38 bits per heavy atom. The highest BCUT2D eigenvalue weighted by atomic mass is 28.3. The SMILES string of the molecule is COCCC/C=C\C#C[Si](C)(C)C(C)(C)C. The Balaban J connectivity index is 4.10. The summed E-state index contributed by atoms with van der Waals surface area (Å²) >= 11 is 0. The van der Waals surface area contributed by atoms with Gasteiger partial charge < -0.3 is 4.74 Å². The molecule has 0 fully saturated rings. The average Bonchev–Trinajstić information content (AvgIpc) is 2.14. The number of unbranched alkanes of at least 4 members (excludes halogenated alkanes) is 1. The fraction of sp³-hybridized carbons (Fsp3) is 0.714. The minimum atomic E-state index is -1.42. The van der Waals surface area contributed by atoms with Crippen molar-refractivity contribution >= 4 is 8.07 Å². The van der Waals surface area contributed by atoms with E-state index in [9.17, 15) is 0 Å². The molecule has 0 aromatic heterocycles. The number of rotatable bonds is 4. The van der Waals surface area contributed by atoms with Crippen LogP contribution in [-0.4, -0.2) is 21.8 Å². The summed E-state index contributed by atoms with van der Waals surface area (Å²) in [5, 5.41) is 0.351. The Hall–Kier alpha value is -0.523. The van der Waals surface area contributed by atoms with Crippen molar-refractivity contribution in [1.82, 2.24) is 0 Å². The number of ether oxygens (including phenoxy) is 1. The second-order valence-electron chi connectivity index (χ2n) is 5.68. The molecule has 0 saturated carbocycles. The third-order valence-corrected chi connectivity index (χ3v) is 7.70. The molecular formula is C14H26OSi. The summed E-state index contributed by atoms with van der Waals surface area (Å²) < 4.78 is 4.98. The van der Waals surface area contributed by atoms with E-state index < -0.39 is 8.07 Å². The van der Waals surface area contributed by atoms with Crippen LogP contribution in [-0.2, 0) is 4.74 Å². The van der Waals surface area contributed by atoms with Crippen LogP contribution in [0.5, 0.6) is 0 Å². The molecular weight excluding hydrogens is 212 g/mol. The van der Waals surface area contributed by atoms with Crippen LogP contribution >= 0.6 is 0 Å². The second kappa shape index (κ2) is 6.93. The summed E-state index contributed by atoms with van der Waals surface area (Å²) in [6, 6.07) is 0. The zero-order valence-electron chi connectivity index (χ0n) is 11.7. The lowest BCUT2D eigenvalue weighted by molar-refractivity contribution is 0.196. The van der Waals surface area contributed by atoms with Crippen LogP contribution in [0.4, 0.5) is 0 Å². The zero-order chi connectivity index (χ0) is 12.7. The molecule has 0 aliphatic carbocycles. The molecule has 0 rings (SSSR count). The maximum absolute atomic E-state index is 4.98. The van der Waals surface area contributed by atoms with Gasteiger partial charge in [-0.3, -0.25) is 0 Å². The van der Waals surface area contributed by atoms with Crippen LogP contribution in [0.3, 0.4) is 0 Å². The van der Waals surface area contributed by atoms with Crippen LogP contribution in [0, 0.1) is 11.5 Å². The van der Waals surface area contributed by atoms with Crippen molar-refractivity contribution in [3.63, 3.8) is 0 Å². The minimum absolute atomic E-state index is 0.351. The normalized spacial score (nSPS) is 12.6. The molecule has 0 heterocycles. The Morgan fingerprint density at radius 2 is 1.88 bits per heavy atom. The Labute approximate surface area is 102 Å². The maximum atomic E-state index is 4.98. The first-order valence-corrected chi connectivity index (χ1v) is 8.98. The topological polar surface area (TPSA) is 9.23 Å². The van der Waals surface area contributed by atoms with Crippen LogP contribution in [0.2, 0.25) is 18.1 Å². The van der Waals surface area contributed by atoms with Crippen molar-refractivity contribution < 1.29 is 4.74 Å². The summed E-state index contributed by atoms with van der Waals surface area (Å²) in [6.07, 6.45) is 6.27.